The molecular formula is C18H29N5O11S2. The largest absolute Gasteiger partial charge is 0.480 e. The second-order valence-electron chi connectivity index (χ2n) is 7.23. The summed E-state index contributed by atoms with van der Waals surface area (Å²) in [4.78, 5) is 79.7. The molecule has 11 N–H and O–H groups in total. The topological polar surface area (TPSA) is 289 Å². The normalized spacial score (nSPS) is 13.9. The van der Waals surface area contributed by atoms with E-state index in [1.165, 1.54) is 0 Å². The predicted molar refractivity (Wildman–Crippen MR) is 127 cm³/mol. The fourth-order valence-corrected chi connectivity index (χ4v) is 4.55. The molecule has 0 aromatic carbocycles. The van der Waals surface area contributed by atoms with E-state index < -0.39 is 72.3 Å². The molecule has 0 fully saturated rings. The number of nitrogens with one attached hydrogen (secondary N) is 3. The summed E-state index contributed by atoms with van der Waals surface area (Å²) in [6, 6.07) is -5.14. The summed E-state index contributed by atoms with van der Waals surface area (Å²) in [5.41, 5.74) is 10.6. The summed E-state index contributed by atoms with van der Waals surface area (Å²) in [6.45, 7) is -0.717. The molecule has 0 saturated heterocycles. The maximum Gasteiger partial charge on any atom is 0.327 e. The lowest BCUT2D eigenvalue weighted by atomic mass is 10.1. The van der Waals surface area contributed by atoms with E-state index in [0.29, 0.717) is 0 Å². The third kappa shape index (κ3) is 15.0. The molecule has 4 atom stereocenters. The summed E-state index contributed by atoms with van der Waals surface area (Å²) in [5.74, 6) is -7.85. The summed E-state index contributed by atoms with van der Waals surface area (Å²) in [5, 5.41) is 42.1. The highest BCUT2D eigenvalue weighted by molar-refractivity contribution is 8.76. The molecule has 0 aliphatic rings. The van der Waals surface area contributed by atoms with Crippen molar-refractivity contribution in [1.29, 1.82) is 0 Å². The Bertz CT molecular complexity index is 829. The van der Waals surface area contributed by atoms with Crippen molar-refractivity contribution in [3.63, 3.8) is 0 Å². The van der Waals surface area contributed by atoms with Crippen LogP contribution in [0.2, 0.25) is 0 Å². The molecule has 36 heavy (non-hydrogen) atoms. The molecular weight excluding hydrogens is 526 g/mol. The van der Waals surface area contributed by atoms with Crippen LogP contribution in [0.5, 0.6) is 0 Å². The minimum atomic E-state index is -1.36. The lowest BCUT2D eigenvalue weighted by molar-refractivity contribution is -0.141. The standard InChI is InChI=1S/C18H29N5O11S2/c19-8(16(29)30)1-3-12(24)22-10(15(28)21-5-14(26)27)6-35-36-7-11(18(33)34)23-13(25)4-2-9(20)17(31)32/h8-11H,1-7,19-20H2,(H,21,28)(H,22,24)(H,23,25)(H,26,27)(H,29,30)(H,31,32)(H,33,34). The first-order valence-corrected chi connectivity index (χ1v) is 12.8. The highest BCUT2D eigenvalue weighted by Gasteiger charge is 2.25. The fourth-order valence-electron chi connectivity index (χ4n) is 2.23. The van der Waals surface area contributed by atoms with Crippen LogP contribution in [0.3, 0.4) is 0 Å². The first-order valence-electron chi connectivity index (χ1n) is 10.3. The van der Waals surface area contributed by atoms with Crippen LogP contribution in [0.15, 0.2) is 0 Å². The lowest BCUT2D eigenvalue weighted by Gasteiger charge is -2.19. The van der Waals surface area contributed by atoms with E-state index >= 15 is 0 Å². The van der Waals surface area contributed by atoms with E-state index in [4.69, 9.17) is 26.8 Å². The molecule has 0 bridgehead atoms. The van der Waals surface area contributed by atoms with Gasteiger partial charge >= 0.3 is 23.9 Å². The summed E-state index contributed by atoms with van der Waals surface area (Å²) in [6.07, 6.45) is -1.02. The van der Waals surface area contributed by atoms with Gasteiger partial charge in [-0.25, -0.2) is 4.79 Å². The minimum absolute atomic E-state index is 0.124. The van der Waals surface area contributed by atoms with E-state index in [1.54, 1.807) is 0 Å². The highest BCUT2D eigenvalue weighted by atomic mass is 33.1. The molecule has 0 aliphatic carbocycles. The fraction of sp³-hybridized carbons (Fsp3) is 0.611. The van der Waals surface area contributed by atoms with Crippen LogP contribution in [-0.4, -0.2) is 104 Å². The maximum atomic E-state index is 12.3. The van der Waals surface area contributed by atoms with Crippen LogP contribution in [0.4, 0.5) is 0 Å². The number of carboxylic acids is 4. The number of hydrogen-bond donors (Lipinski definition) is 9. The van der Waals surface area contributed by atoms with Gasteiger partial charge in [-0.2, -0.15) is 0 Å². The minimum Gasteiger partial charge on any atom is -0.480 e. The summed E-state index contributed by atoms with van der Waals surface area (Å²) in [7, 11) is 1.89. The van der Waals surface area contributed by atoms with Crippen LogP contribution >= 0.6 is 21.6 Å². The van der Waals surface area contributed by atoms with Crippen molar-refractivity contribution < 1.29 is 54.0 Å². The van der Waals surface area contributed by atoms with Crippen LogP contribution in [0.25, 0.3) is 0 Å². The third-order valence-electron chi connectivity index (χ3n) is 4.25. The van der Waals surface area contributed by atoms with Crippen molar-refractivity contribution in [2.45, 2.75) is 49.9 Å². The number of rotatable bonds is 19. The number of aliphatic carboxylic acids is 4. The van der Waals surface area contributed by atoms with Gasteiger partial charge < -0.3 is 47.8 Å². The van der Waals surface area contributed by atoms with Crippen molar-refractivity contribution in [2.75, 3.05) is 18.1 Å². The van der Waals surface area contributed by atoms with Gasteiger partial charge in [-0.3, -0.25) is 28.8 Å². The van der Waals surface area contributed by atoms with Gasteiger partial charge in [-0.15, -0.1) is 0 Å². The van der Waals surface area contributed by atoms with E-state index in [0.717, 1.165) is 21.6 Å². The van der Waals surface area contributed by atoms with Crippen LogP contribution in [0, 0.1) is 0 Å². The van der Waals surface area contributed by atoms with E-state index in [9.17, 15) is 38.7 Å². The predicted octanol–water partition coefficient (Wildman–Crippen LogP) is -2.99. The Labute approximate surface area is 212 Å². The molecule has 0 aromatic heterocycles. The molecule has 0 heterocycles. The maximum absolute atomic E-state index is 12.3. The van der Waals surface area contributed by atoms with Crippen LogP contribution < -0.4 is 27.4 Å². The van der Waals surface area contributed by atoms with Crippen molar-refractivity contribution in [3.8, 4) is 0 Å². The molecule has 4 unspecified atom stereocenters. The van der Waals surface area contributed by atoms with E-state index in [2.05, 4.69) is 16.0 Å². The second-order valence-corrected chi connectivity index (χ2v) is 9.78. The first kappa shape index (κ1) is 32.9. The lowest BCUT2D eigenvalue weighted by Crippen LogP contribution is -2.49. The van der Waals surface area contributed by atoms with Gasteiger partial charge in [-0.05, 0) is 12.8 Å². The first-order chi connectivity index (χ1) is 16.7. The molecule has 0 rings (SSSR count). The molecule has 0 aromatic rings. The molecule has 0 saturated carbocycles. The zero-order valence-corrected chi connectivity index (χ0v) is 20.5. The SMILES string of the molecule is NC(CCC(=O)NC(CSSCC(NC(=O)CCC(N)C(=O)O)C(=O)NCC(=O)O)C(=O)O)C(=O)O. The van der Waals surface area contributed by atoms with Gasteiger partial charge in [0.05, 0.1) is 0 Å². The Morgan fingerprint density at radius 3 is 1.47 bits per heavy atom. The van der Waals surface area contributed by atoms with Gasteiger partial charge in [0.2, 0.25) is 17.7 Å². The number of carbonyl (C=O) groups excluding carboxylic acids is 3. The zero-order chi connectivity index (χ0) is 27.8. The van der Waals surface area contributed by atoms with Gasteiger partial charge in [-0.1, -0.05) is 21.6 Å². The highest BCUT2D eigenvalue weighted by Crippen LogP contribution is 2.23. The average molecular weight is 556 g/mol. The van der Waals surface area contributed by atoms with Crippen molar-refractivity contribution in [3.05, 3.63) is 0 Å². The molecule has 18 heteroatoms. The Balaban J connectivity index is 4.84. The monoisotopic (exact) mass is 555 g/mol. The molecule has 0 aliphatic heterocycles. The number of carboxylic acid groups (broad SMARTS) is 4. The van der Waals surface area contributed by atoms with Gasteiger partial charge in [0.25, 0.3) is 0 Å². The zero-order valence-electron chi connectivity index (χ0n) is 18.9. The van der Waals surface area contributed by atoms with Gasteiger partial charge in [0.1, 0.15) is 30.7 Å². The quantitative estimate of drug-likeness (QED) is 0.0567. The number of carbonyl (C=O) groups is 7. The van der Waals surface area contributed by atoms with Gasteiger partial charge in [0, 0.05) is 24.3 Å². The third-order valence-corrected chi connectivity index (χ3v) is 6.67. The van der Waals surface area contributed by atoms with Crippen molar-refractivity contribution >= 4 is 63.2 Å². The number of nitrogens with two attached hydrogens (primary N) is 2. The van der Waals surface area contributed by atoms with Crippen molar-refractivity contribution in [1.82, 2.24) is 16.0 Å². The molecule has 3 amide bonds. The molecule has 0 spiro atoms. The molecule has 16 nitrogen and oxygen atoms in total. The Kier molecular flexibility index (Phi) is 15.9. The van der Waals surface area contributed by atoms with Crippen LogP contribution in [0.1, 0.15) is 25.7 Å². The Morgan fingerprint density at radius 2 is 1.08 bits per heavy atom. The number of amides is 3. The van der Waals surface area contributed by atoms with E-state index in [1.807, 2.05) is 0 Å². The van der Waals surface area contributed by atoms with E-state index in [-0.39, 0.29) is 37.2 Å². The van der Waals surface area contributed by atoms with Crippen molar-refractivity contribution in [2.24, 2.45) is 11.5 Å². The number of hydrogen-bond acceptors (Lipinski definition) is 11. The van der Waals surface area contributed by atoms with Crippen LogP contribution in [-0.2, 0) is 33.6 Å². The molecule has 0 radical (unpaired) electrons. The van der Waals surface area contributed by atoms with Gasteiger partial charge in [0.15, 0.2) is 0 Å². The summed E-state index contributed by atoms with van der Waals surface area (Å²) >= 11 is 0. The smallest absolute Gasteiger partial charge is 0.327 e. The Morgan fingerprint density at radius 1 is 0.667 bits per heavy atom. The average Bonchev–Trinajstić information content (AvgIpc) is 2.79. The second kappa shape index (κ2) is 17.4. The Hall–Kier alpha value is -3.09. The molecule has 204 valence electrons. The summed E-state index contributed by atoms with van der Waals surface area (Å²) < 4.78 is 0.